The molecule has 0 unspecified atom stereocenters. The lowest BCUT2D eigenvalue weighted by Crippen LogP contribution is -2.13. The van der Waals surface area contributed by atoms with E-state index in [-0.39, 0.29) is 11.8 Å². The molecule has 0 radical (unpaired) electrons. The zero-order valence-electron chi connectivity index (χ0n) is 10.7. The Morgan fingerprint density at radius 3 is 2.55 bits per heavy atom. The summed E-state index contributed by atoms with van der Waals surface area (Å²) in [6, 6.07) is 9.88. The minimum absolute atomic E-state index is 0.178. The van der Waals surface area contributed by atoms with Crippen LogP contribution in [0.5, 0.6) is 0 Å². The van der Waals surface area contributed by atoms with E-state index in [9.17, 15) is 9.59 Å². The molecular formula is C14H12ClN3O2. The number of hydrogen-bond donors (Lipinski definition) is 2. The number of benzene rings is 1. The Balaban J connectivity index is 2.06. The van der Waals surface area contributed by atoms with E-state index < -0.39 is 0 Å². The van der Waals surface area contributed by atoms with Gasteiger partial charge in [-0.05, 0) is 30.3 Å². The van der Waals surface area contributed by atoms with Crippen molar-refractivity contribution in [3.8, 4) is 0 Å². The maximum atomic E-state index is 11.9. The second-order valence-corrected chi connectivity index (χ2v) is 4.51. The molecule has 1 aromatic heterocycles. The van der Waals surface area contributed by atoms with Crippen molar-refractivity contribution in [2.75, 3.05) is 10.6 Å². The fourth-order valence-corrected chi connectivity index (χ4v) is 1.75. The molecule has 2 aromatic rings. The molecule has 5 nitrogen and oxygen atoms in total. The lowest BCUT2D eigenvalue weighted by Gasteiger charge is -2.06. The molecule has 1 heterocycles. The van der Waals surface area contributed by atoms with E-state index in [2.05, 4.69) is 15.6 Å². The number of nitrogens with zero attached hydrogens (tertiary/aromatic N) is 1. The van der Waals surface area contributed by atoms with E-state index in [1.165, 1.54) is 13.1 Å². The van der Waals surface area contributed by atoms with Crippen LogP contribution < -0.4 is 10.6 Å². The van der Waals surface area contributed by atoms with Gasteiger partial charge in [0.25, 0.3) is 5.91 Å². The van der Waals surface area contributed by atoms with E-state index in [0.29, 0.717) is 22.1 Å². The Kier molecular flexibility index (Phi) is 4.32. The Morgan fingerprint density at radius 1 is 1.15 bits per heavy atom. The Morgan fingerprint density at radius 2 is 1.95 bits per heavy atom. The van der Waals surface area contributed by atoms with Crippen LogP contribution in [0.2, 0.25) is 5.02 Å². The number of carbonyl (C=O) groups is 2. The van der Waals surface area contributed by atoms with Crippen LogP contribution in [0.1, 0.15) is 17.3 Å². The Bertz CT molecular complexity index is 641. The number of amides is 2. The van der Waals surface area contributed by atoms with Crippen LogP contribution >= 0.6 is 11.6 Å². The molecule has 0 aliphatic heterocycles. The topological polar surface area (TPSA) is 71.1 Å². The van der Waals surface area contributed by atoms with Gasteiger partial charge in [-0.25, -0.2) is 4.98 Å². The highest BCUT2D eigenvalue weighted by Gasteiger charge is 2.07. The van der Waals surface area contributed by atoms with E-state index in [4.69, 9.17) is 11.6 Å². The molecule has 2 amide bonds. The first-order valence-electron chi connectivity index (χ1n) is 5.85. The molecule has 20 heavy (non-hydrogen) atoms. The fourth-order valence-electron chi connectivity index (χ4n) is 1.56. The molecule has 2 rings (SSSR count). The van der Waals surface area contributed by atoms with Crippen molar-refractivity contribution in [3.63, 3.8) is 0 Å². The Hall–Kier alpha value is -2.40. The number of anilines is 2. The van der Waals surface area contributed by atoms with Crippen LogP contribution in [0.15, 0.2) is 42.6 Å². The normalized spacial score (nSPS) is 9.90. The SMILES string of the molecule is CC(=O)Nc1ccc(NC(=O)c2cccc(Cl)c2)nc1. The molecule has 0 spiro atoms. The third-order valence-corrected chi connectivity index (χ3v) is 2.65. The zero-order chi connectivity index (χ0) is 14.5. The first-order chi connectivity index (χ1) is 9.54. The van der Waals surface area contributed by atoms with Crippen LogP contribution in [0.3, 0.4) is 0 Å². The molecule has 0 saturated carbocycles. The molecule has 6 heteroatoms. The Labute approximate surface area is 121 Å². The lowest BCUT2D eigenvalue weighted by molar-refractivity contribution is -0.114. The number of carbonyl (C=O) groups excluding carboxylic acids is 2. The molecule has 0 aliphatic carbocycles. The fraction of sp³-hybridized carbons (Fsp3) is 0.0714. The van der Waals surface area contributed by atoms with Crippen LogP contribution in [-0.2, 0) is 4.79 Å². The van der Waals surface area contributed by atoms with Gasteiger partial charge in [-0.15, -0.1) is 0 Å². The maximum absolute atomic E-state index is 11.9. The summed E-state index contributed by atoms with van der Waals surface area (Å²) >= 11 is 5.83. The van der Waals surface area contributed by atoms with Gasteiger partial charge in [-0.1, -0.05) is 17.7 Å². The highest BCUT2D eigenvalue weighted by atomic mass is 35.5. The van der Waals surface area contributed by atoms with Crippen molar-refractivity contribution < 1.29 is 9.59 Å². The van der Waals surface area contributed by atoms with Gasteiger partial charge >= 0.3 is 0 Å². The van der Waals surface area contributed by atoms with Gasteiger partial charge in [0.2, 0.25) is 5.91 Å². The number of nitrogens with one attached hydrogen (secondary N) is 2. The molecule has 0 saturated heterocycles. The lowest BCUT2D eigenvalue weighted by atomic mass is 10.2. The summed E-state index contributed by atoms with van der Waals surface area (Å²) in [5, 5.41) is 5.73. The number of halogens is 1. The zero-order valence-corrected chi connectivity index (χ0v) is 11.4. The summed E-state index contributed by atoms with van der Waals surface area (Å²) in [5.41, 5.74) is 1.02. The van der Waals surface area contributed by atoms with Gasteiger partial charge in [0, 0.05) is 17.5 Å². The molecule has 0 fully saturated rings. The second kappa shape index (κ2) is 6.16. The number of hydrogen-bond acceptors (Lipinski definition) is 3. The van der Waals surface area contributed by atoms with Crippen LogP contribution in [-0.4, -0.2) is 16.8 Å². The summed E-state index contributed by atoms with van der Waals surface area (Å²) < 4.78 is 0. The van der Waals surface area contributed by atoms with Crippen molar-refractivity contribution in [1.29, 1.82) is 0 Å². The summed E-state index contributed by atoms with van der Waals surface area (Å²) in [5.74, 6) is -0.0844. The summed E-state index contributed by atoms with van der Waals surface area (Å²) in [6.45, 7) is 1.41. The van der Waals surface area contributed by atoms with Crippen LogP contribution in [0.4, 0.5) is 11.5 Å². The van der Waals surface area contributed by atoms with Crippen LogP contribution in [0, 0.1) is 0 Å². The highest BCUT2D eigenvalue weighted by molar-refractivity contribution is 6.31. The standard InChI is InChI=1S/C14H12ClN3O2/c1-9(19)17-12-5-6-13(16-8-12)18-14(20)10-3-2-4-11(15)7-10/h2-8H,1H3,(H,17,19)(H,16,18,20). The summed E-state index contributed by atoms with van der Waals surface area (Å²) in [6.07, 6.45) is 1.47. The number of rotatable bonds is 3. The molecule has 1 aromatic carbocycles. The molecule has 2 N–H and O–H groups in total. The first-order valence-corrected chi connectivity index (χ1v) is 6.23. The predicted molar refractivity (Wildman–Crippen MR) is 77.9 cm³/mol. The second-order valence-electron chi connectivity index (χ2n) is 4.08. The quantitative estimate of drug-likeness (QED) is 0.912. The summed E-state index contributed by atoms with van der Waals surface area (Å²) in [7, 11) is 0. The molecule has 102 valence electrons. The van der Waals surface area contributed by atoms with Crippen molar-refractivity contribution >= 4 is 34.9 Å². The van der Waals surface area contributed by atoms with Gasteiger partial charge in [-0.2, -0.15) is 0 Å². The largest absolute Gasteiger partial charge is 0.325 e. The van der Waals surface area contributed by atoms with E-state index in [1.54, 1.807) is 36.4 Å². The van der Waals surface area contributed by atoms with Crippen LogP contribution in [0.25, 0.3) is 0 Å². The van der Waals surface area contributed by atoms with Gasteiger partial charge in [0.05, 0.1) is 11.9 Å². The van der Waals surface area contributed by atoms with Gasteiger partial charge in [0.15, 0.2) is 0 Å². The number of aromatic nitrogens is 1. The highest BCUT2D eigenvalue weighted by Crippen LogP contribution is 2.14. The monoisotopic (exact) mass is 289 g/mol. The average molecular weight is 290 g/mol. The molecular weight excluding hydrogens is 278 g/mol. The molecule has 0 aliphatic rings. The van der Waals surface area contributed by atoms with E-state index in [1.807, 2.05) is 0 Å². The number of pyridine rings is 1. The molecule has 0 bridgehead atoms. The molecule has 0 atom stereocenters. The third-order valence-electron chi connectivity index (χ3n) is 2.41. The van der Waals surface area contributed by atoms with Gasteiger partial charge in [0.1, 0.15) is 5.82 Å². The maximum Gasteiger partial charge on any atom is 0.256 e. The van der Waals surface area contributed by atoms with E-state index >= 15 is 0 Å². The van der Waals surface area contributed by atoms with Crippen molar-refractivity contribution in [1.82, 2.24) is 4.98 Å². The van der Waals surface area contributed by atoms with Crippen molar-refractivity contribution in [2.45, 2.75) is 6.92 Å². The third kappa shape index (κ3) is 3.80. The minimum Gasteiger partial charge on any atom is -0.325 e. The summed E-state index contributed by atoms with van der Waals surface area (Å²) in [4.78, 5) is 26.9. The predicted octanol–water partition coefficient (Wildman–Crippen LogP) is 2.95. The smallest absolute Gasteiger partial charge is 0.256 e. The van der Waals surface area contributed by atoms with E-state index in [0.717, 1.165) is 0 Å². The first kappa shape index (κ1) is 14.0. The average Bonchev–Trinajstić information content (AvgIpc) is 2.40. The van der Waals surface area contributed by atoms with Crippen molar-refractivity contribution in [2.24, 2.45) is 0 Å². The van der Waals surface area contributed by atoms with Gasteiger partial charge in [-0.3, -0.25) is 9.59 Å². The minimum atomic E-state index is -0.299. The van der Waals surface area contributed by atoms with Crippen molar-refractivity contribution in [3.05, 3.63) is 53.2 Å². The van der Waals surface area contributed by atoms with Gasteiger partial charge < -0.3 is 10.6 Å².